The highest BCUT2D eigenvalue weighted by Gasteiger charge is 2.29. The van der Waals surface area contributed by atoms with E-state index in [1.165, 1.54) is 12.3 Å². The third kappa shape index (κ3) is 3.44. The molecule has 1 saturated heterocycles. The number of carbonyl (C=O) groups excluding carboxylic acids is 1. The van der Waals surface area contributed by atoms with Crippen LogP contribution in [0.4, 0.5) is 4.39 Å². The monoisotopic (exact) mass is 284 g/mol. The average molecular weight is 284 g/mol. The smallest absolute Gasteiger partial charge is 0.305 e. The number of aliphatic carboxylic acids is 1. The molecule has 2 heterocycles. The Morgan fingerprint density at radius 3 is 2.95 bits per heavy atom. The van der Waals surface area contributed by atoms with Gasteiger partial charge in [-0.15, -0.1) is 0 Å². The van der Waals surface area contributed by atoms with Crippen molar-refractivity contribution in [3.8, 4) is 0 Å². The number of thioether (sulfide) groups is 1. The van der Waals surface area contributed by atoms with Crippen LogP contribution in [0.25, 0.3) is 0 Å². The molecule has 2 rings (SSSR count). The molecule has 1 aromatic heterocycles. The van der Waals surface area contributed by atoms with Crippen LogP contribution >= 0.6 is 11.8 Å². The lowest BCUT2D eigenvalue weighted by Crippen LogP contribution is -2.47. The molecule has 7 heteroatoms. The second kappa shape index (κ2) is 6.01. The summed E-state index contributed by atoms with van der Waals surface area (Å²) in [7, 11) is 0. The first-order valence-corrected chi connectivity index (χ1v) is 6.95. The lowest BCUT2D eigenvalue weighted by Gasteiger charge is -2.34. The molecule has 19 heavy (non-hydrogen) atoms. The Morgan fingerprint density at radius 1 is 1.53 bits per heavy atom. The first-order valence-electron chi connectivity index (χ1n) is 5.80. The number of aromatic nitrogens is 1. The number of halogens is 1. The molecule has 1 unspecified atom stereocenters. The van der Waals surface area contributed by atoms with Crippen LogP contribution in [-0.2, 0) is 4.79 Å². The topological polar surface area (TPSA) is 70.5 Å². The Hall–Kier alpha value is -1.63. The second-order valence-electron chi connectivity index (χ2n) is 4.19. The minimum Gasteiger partial charge on any atom is -0.481 e. The van der Waals surface area contributed by atoms with Crippen LogP contribution in [0.5, 0.6) is 0 Å². The van der Waals surface area contributed by atoms with Crippen molar-refractivity contribution in [3.63, 3.8) is 0 Å². The molecule has 1 aliphatic heterocycles. The van der Waals surface area contributed by atoms with Gasteiger partial charge in [0.05, 0.1) is 18.0 Å². The van der Waals surface area contributed by atoms with Gasteiger partial charge in [0.15, 0.2) is 0 Å². The maximum atomic E-state index is 12.7. The van der Waals surface area contributed by atoms with Crippen LogP contribution in [0, 0.1) is 5.95 Å². The highest BCUT2D eigenvalue weighted by molar-refractivity contribution is 7.99. The third-order valence-corrected chi connectivity index (χ3v) is 3.96. The molecular weight excluding hydrogens is 271 g/mol. The third-order valence-electron chi connectivity index (χ3n) is 2.87. The van der Waals surface area contributed by atoms with Gasteiger partial charge in [0.1, 0.15) is 0 Å². The van der Waals surface area contributed by atoms with Crippen LogP contribution in [0.15, 0.2) is 18.3 Å². The van der Waals surface area contributed by atoms with E-state index in [1.807, 2.05) is 0 Å². The van der Waals surface area contributed by atoms with Gasteiger partial charge in [0.25, 0.3) is 5.91 Å². The maximum absolute atomic E-state index is 12.7. The summed E-state index contributed by atoms with van der Waals surface area (Å²) in [4.78, 5) is 28.1. The van der Waals surface area contributed by atoms with E-state index < -0.39 is 11.9 Å². The summed E-state index contributed by atoms with van der Waals surface area (Å²) >= 11 is 1.63. The average Bonchev–Trinajstić information content (AvgIpc) is 2.39. The van der Waals surface area contributed by atoms with Crippen molar-refractivity contribution in [1.29, 1.82) is 0 Å². The van der Waals surface area contributed by atoms with Gasteiger partial charge in [-0.3, -0.25) is 9.59 Å². The van der Waals surface area contributed by atoms with E-state index in [1.54, 1.807) is 16.7 Å². The normalized spacial score (nSPS) is 19.2. The van der Waals surface area contributed by atoms with Crippen molar-refractivity contribution < 1.29 is 19.1 Å². The predicted molar refractivity (Wildman–Crippen MR) is 68.6 cm³/mol. The molecule has 1 amide bonds. The second-order valence-corrected chi connectivity index (χ2v) is 5.34. The summed E-state index contributed by atoms with van der Waals surface area (Å²) in [6.45, 7) is 0.499. The largest absolute Gasteiger partial charge is 0.481 e. The number of hydrogen-bond donors (Lipinski definition) is 1. The zero-order valence-corrected chi connectivity index (χ0v) is 10.9. The van der Waals surface area contributed by atoms with Crippen LogP contribution in [0.3, 0.4) is 0 Å². The lowest BCUT2D eigenvalue weighted by molar-refractivity contribution is -0.138. The Bertz CT molecular complexity index is 480. The molecule has 0 saturated carbocycles. The minimum atomic E-state index is -0.928. The number of carbonyl (C=O) groups is 2. The number of nitrogens with zero attached hydrogens (tertiary/aromatic N) is 2. The zero-order valence-electron chi connectivity index (χ0n) is 10.1. The molecule has 0 aromatic carbocycles. The van der Waals surface area contributed by atoms with E-state index in [4.69, 9.17) is 5.11 Å². The van der Waals surface area contributed by atoms with E-state index in [0.717, 1.165) is 11.8 Å². The summed E-state index contributed by atoms with van der Waals surface area (Å²) < 4.78 is 12.7. The van der Waals surface area contributed by atoms with Gasteiger partial charge in [0.2, 0.25) is 5.95 Å². The summed E-state index contributed by atoms with van der Waals surface area (Å²) in [6.07, 6.45) is 1.10. The summed E-state index contributed by atoms with van der Waals surface area (Å²) in [5.74, 6) is -0.488. The molecule has 1 N–H and O–H groups in total. The van der Waals surface area contributed by atoms with Gasteiger partial charge in [-0.2, -0.15) is 16.2 Å². The summed E-state index contributed by atoms with van der Waals surface area (Å²) in [6, 6.07) is 2.16. The number of pyridine rings is 1. The Morgan fingerprint density at radius 2 is 2.32 bits per heavy atom. The van der Waals surface area contributed by atoms with Gasteiger partial charge in [-0.25, -0.2) is 4.98 Å². The number of amides is 1. The Kier molecular flexibility index (Phi) is 4.36. The Balaban J connectivity index is 2.15. The first-order chi connectivity index (χ1) is 9.08. The fourth-order valence-electron chi connectivity index (χ4n) is 1.96. The molecule has 1 atom stereocenters. The fourth-order valence-corrected chi connectivity index (χ4v) is 3.02. The molecule has 1 aliphatic rings. The molecule has 0 bridgehead atoms. The molecule has 1 fully saturated rings. The maximum Gasteiger partial charge on any atom is 0.305 e. The van der Waals surface area contributed by atoms with Crippen molar-refractivity contribution in [3.05, 3.63) is 29.8 Å². The quantitative estimate of drug-likeness (QED) is 0.846. The van der Waals surface area contributed by atoms with Crippen molar-refractivity contribution in [2.24, 2.45) is 0 Å². The standard InChI is InChI=1S/C12H13FN2O3S/c13-10-2-1-8(6-14-10)12(18)15-3-4-19-7-9(15)5-11(16)17/h1-2,6,9H,3-5,7H2,(H,16,17). The molecule has 0 aliphatic carbocycles. The molecule has 5 nitrogen and oxygen atoms in total. The number of rotatable bonds is 3. The van der Waals surface area contributed by atoms with E-state index in [2.05, 4.69) is 4.98 Å². The van der Waals surface area contributed by atoms with Crippen molar-refractivity contribution in [1.82, 2.24) is 9.88 Å². The van der Waals surface area contributed by atoms with Crippen molar-refractivity contribution >= 4 is 23.6 Å². The predicted octanol–water partition coefficient (Wildman–Crippen LogP) is 1.25. The number of carboxylic acids is 1. The van der Waals surface area contributed by atoms with Gasteiger partial charge in [-0.05, 0) is 12.1 Å². The van der Waals surface area contributed by atoms with Gasteiger partial charge in [-0.1, -0.05) is 0 Å². The van der Waals surface area contributed by atoms with Crippen LogP contribution in [0.2, 0.25) is 0 Å². The lowest BCUT2D eigenvalue weighted by atomic mass is 10.1. The van der Waals surface area contributed by atoms with E-state index in [9.17, 15) is 14.0 Å². The van der Waals surface area contributed by atoms with Gasteiger partial charge in [0, 0.05) is 24.2 Å². The number of hydrogen-bond acceptors (Lipinski definition) is 4. The van der Waals surface area contributed by atoms with E-state index in [-0.39, 0.29) is 23.9 Å². The number of carboxylic acid groups (broad SMARTS) is 1. The molecule has 1 aromatic rings. The SMILES string of the molecule is O=C(O)CC1CSCCN1C(=O)c1ccc(F)nc1. The molecule has 102 valence electrons. The van der Waals surface area contributed by atoms with Crippen molar-refractivity contribution in [2.75, 3.05) is 18.1 Å². The molecule has 0 radical (unpaired) electrons. The minimum absolute atomic E-state index is 0.0760. The van der Waals surface area contributed by atoms with Gasteiger partial charge >= 0.3 is 5.97 Å². The van der Waals surface area contributed by atoms with Crippen LogP contribution < -0.4 is 0 Å². The van der Waals surface area contributed by atoms with E-state index in [0.29, 0.717) is 12.3 Å². The molecule has 0 spiro atoms. The highest BCUT2D eigenvalue weighted by Crippen LogP contribution is 2.21. The summed E-state index contributed by atoms with van der Waals surface area (Å²) in [5, 5.41) is 8.86. The van der Waals surface area contributed by atoms with E-state index >= 15 is 0 Å². The van der Waals surface area contributed by atoms with Crippen LogP contribution in [-0.4, -0.2) is 51.0 Å². The summed E-state index contributed by atoms with van der Waals surface area (Å²) in [5.41, 5.74) is 0.281. The van der Waals surface area contributed by atoms with Crippen molar-refractivity contribution in [2.45, 2.75) is 12.5 Å². The van der Waals surface area contributed by atoms with Crippen LogP contribution in [0.1, 0.15) is 16.8 Å². The first kappa shape index (κ1) is 13.8. The van der Waals surface area contributed by atoms with Gasteiger partial charge < -0.3 is 10.0 Å². The highest BCUT2D eigenvalue weighted by atomic mass is 32.2. The zero-order chi connectivity index (χ0) is 13.8. The fraction of sp³-hybridized carbons (Fsp3) is 0.417. The Labute approximate surface area is 113 Å². The molecular formula is C12H13FN2O3S.